The molecule has 14 nitrogen and oxygen atoms in total. The molecule has 3 aromatic rings. The maximum absolute atomic E-state index is 13.2. The van der Waals surface area contributed by atoms with E-state index in [1.54, 1.807) is 20.8 Å². The Balaban J connectivity index is 0.00000484. The molecule has 223 valence electrons. The zero-order valence-electron chi connectivity index (χ0n) is 23.3. The smallest absolute Gasteiger partial charge is 0.301 e. The van der Waals surface area contributed by atoms with Gasteiger partial charge in [-0.1, -0.05) is 12.1 Å². The van der Waals surface area contributed by atoms with Crippen LogP contribution in [-0.2, 0) is 35.1 Å². The van der Waals surface area contributed by atoms with Crippen LogP contribution in [0.4, 0.5) is 17.1 Å². The van der Waals surface area contributed by atoms with Crippen molar-refractivity contribution in [3.8, 4) is 5.75 Å². The first-order chi connectivity index (χ1) is 19.0. The molecule has 4 rings (SSSR count). The topological polar surface area (TPSA) is 204 Å². The molecule has 0 unspecified atom stereocenters. The normalized spacial score (nSPS) is 15.5. The summed E-state index contributed by atoms with van der Waals surface area (Å²) in [5.74, 6) is -0.624. The number of phenolic OH excluding ortho intramolecular Hbond substituents is 1. The molecule has 0 bridgehead atoms. The van der Waals surface area contributed by atoms with Crippen LogP contribution in [-0.4, -0.2) is 101 Å². The summed E-state index contributed by atoms with van der Waals surface area (Å²) in [7, 11) is -12.8. The molecule has 1 aliphatic heterocycles. The first-order valence-electron chi connectivity index (χ1n) is 12.2. The van der Waals surface area contributed by atoms with Crippen molar-refractivity contribution in [2.45, 2.75) is 36.1 Å². The van der Waals surface area contributed by atoms with E-state index >= 15 is 0 Å². The first-order valence-corrected chi connectivity index (χ1v) is 16.5. The molecule has 3 aromatic carbocycles. The first kappa shape index (κ1) is 34.3. The van der Waals surface area contributed by atoms with Crippen molar-refractivity contribution < 1.29 is 39.6 Å². The predicted molar refractivity (Wildman–Crippen MR) is 157 cm³/mol. The molecule has 0 atom stereocenters. The zero-order valence-corrected chi connectivity index (χ0v) is 27.7. The summed E-state index contributed by atoms with van der Waals surface area (Å²) in [6, 6.07) is 10.1. The van der Waals surface area contributed by atoms with Gasteiger partial charge in [0.2, 0.25) is 10.0 Å². The molecule has 42 heavy (non-hydrogen) atoms. The van der Waals surface area contributed by atoms with Crippen molar-refractivity contribution >= 4 is 87.7 Å². The second-order valence-electron chi connectivity index (χ2n) is 10.1. The van der Waals surface area contributed by atoms with Crippen molar-refractivity contribution in [1.82, 2.24) is 9.03 Å². The number of morpholine rings is 1. The quantitative estimate of drug-likeness (QED) is 0.161. The Bertz CT molecular complexity index is 1820. The van der Waals surface area contributed by atoms with Gasteiger partial charge in [-0.15, -0.1) is 5.11 Å². The number of ether oxygens (including phenoxy) is 1. The molecular weight excluding hydrogens is 621 g/mol. The number of hydrogen-bond donors (Lipinski definition) is 4. The fourth-order valence-electron chi connectivity index (χ4n) is 4.04. The summed E-state index contributed by atoms with van der Waals surface area (Å²) < 4.78 is 96.0. The van der Waals surface area contributed by atoms with E-state index in [9.17, 15) is 34.9 Å². The van der Waals surface area contributed by atoms with Crippen LogP contribution in [0.3, 0.4) is 0 Å². The van der Waals surface area contributed by atoms with Gasteiger partial charge in [0.15, 0.2) is 0 Å². The number of sulfonamides is 1. The van der Waals surface area contributed by atoms with Gasteiger partial charge in [0.25, 0.3) is 10.1 Å². The summed E-state index contributed by atoms with van der Waals surface area (Å²) in [5.41, 5.74) is -0.854. The van der Waals surface area contributed by atoms with Crippen LogP contribution < -0.4 is 9.44 Å². The minimum Gasteiger partial charge on any atom is -0.506 e. The van der Waals surface area contributed by atoms with E-state index in [0.29, 0.717) is 0 Å². The third kappa shape index (κ3) is 8.04. The number of rotatable bonds is 8. The van der Waals surface area contributed by atoms with Crippen LogP contribution in [0.1, 0.15) is 20.8 Å². The molecule has 18 heteroatoms. The molecule has 1 aliphatic rings. The minimum atomic E-state index is -4.44. The number of aromatic hydroxyl groups is 1. The Morgan fingerprint density at radius 3 is 2.12 bits per heavy atom. The van der Waals surface area contributed by atoms with E-state index in [2.05, 4.69) is 19.7 Å². The average Bonchev–Trinajstić information content (AvgIpc) is 2.87. The second kappa shape index (κ2) is 12.8. The van der Waals surface area contributed by atoms with E-state index in [4.69, 9.17) is 4.74 Å². The van der Waals surface area contributed by atoms with Gasteiger partial charge in [0.1, 0.15) is 10.6 Å². The van der Waals surface area contributed by atoms with E-state index in [1.165, 1.54) is 34.6 Å². The van der Waals surface area contributed by atoms with Crippen molar-refractivity contribution in [2.75, 3.05) is 31.0 Å². The Morgan fingerprint density at radius 2 is 1.55 bits per heavy atom. The molecule has 0 spiro atoms. The number of fused-ring (bicyclic) bond motifs is 1. The van der Waals surface area contributed by atoms with E-state index in [1.807, 2.05) is 0 Å². The van der Waals surface area contributed by atoms with Crippen LogP contribution in [0.5, 0.6) is 5.75 Å². The molecule has 1 heterocycles. The molecule has 0 saturated carbocycles. The number of phenols is 1. The van der Waals surface area contributed by atoms with Gasteiger partial charge in [-0.3, -0.25) is 9.27 Å². The van der Waals surface area contributed by atoms with Crippen LogP contribution in [0.25, 0.3) is 10.8 Å². The van der Waals surface area contributed by atoms with Gasteiger partial charge in [0, 0.05) is 59.0 Å². The molecular formula is C24H29N5NaO9S3. The molecule has 0 amide bonds. The third-order valence-electron chi connectivity index (χ3n) is 5.76. The maximum atomic E-state index is 13.2. The molecule has 0 aliphatic carbocycles. The Labute approximate surface area is 266 Å². The SMILES string of the molecule is CC(C)(C)NS(=O)(=O)c1cc(N=Nc2ccc(S(=O)(=O)O)cc2)c2c(NS(=O)(=O)N3CCOCC3)cccc2c1O.[Na]. The largest absolute Gasteiger partial charge is 0.506 e. The van der Waals surface area contributed by atoms with Crippen LogP contribution >= 0.6 is 0 Å². The number of benzene rings is 3. The number of hydrogen-bond acceptors (Lipinski definition) is 10. The number of azo groups is 1. The van der Waals surface area contributed by atoms with Gasteiger partial charge in [0.05, 0.1) is 35.2 Å². The second-order valence-corrected chi connectivity index (χ2v) is 14.9. The van der Waals surface area contributed by atoms with Crippen molar-refractivity contribution in [3.63, 3.8) is 0 Å². The summed E-state index contributed by atoms with van der Waals surface area (Å²) in [6.07, 6.45) is 0. The van der Waals surface area contributed by atoms with Gasteiger partial charge >= 0.3 is 10.2 Å². The molecule has 1 saturated heterocycles. The Morgan fingerprint density at radius 1 is 0.929 bits per heavy atom. The van der Waals surface area contributed by atoms with Gasteiger partial charge in [-0.2, -0.15) is 26.3 Å². The van der Waals surface area contributed by atoms with Crippen molar-refractivity contribution in [1.29, 1.82) is 0 Å². The summed E-state index contributed by atoms with van der Waals surface area (Å²) in [5, 5.41) is 19.3. The molecule has 0 aromatic heterocycles. The molecule has 1 radical (unpaired) electrons. The van der Waals surface area contributed by atoms with Crippen LogP contribution in [0.2, 0.25) is 0 Å². The summed E-state index contributed by atoms with van der Waals surface area (Å²) >= 11 is 0. The Hall–Kier alpha value is -2.19. The minimum absolute atomic E-state index is 0. The zero-order chi connectivity index (χ0) is 30.2. The molecule has 4 N–H and O–H groups in total. The molecule has 1 fully saturated rings. The van der Waals surface area contributed by atoms with Gasteiger partial charge < -0.3 is 9.84 Å². The van der Waals surface area contributed by atoms with Crippen molar-refractivity contribution in [3.05, 3.63) is 48.5 Å². The third-order valence-corrected chi connectivity index (χ3v) is 9.93. The van der Waals surface area contributed by atoms with Crippen LogP contribution in [0.15, 0.2) is 68.6 Å². The standard InChI is InChI=1S/C24H29N5O9S3.Na/c1-24(2,3)28-39(31,32)21-15-20(26-25-16-7-9-17(10-8-16)40(33,34)35)22-18(23(21)30)5-4-6-19(22)27-41(36,37)29-11-13-38-14-12-29;/h4-10,15,27-28,30H,11-14H2,1-3H3,(H,33,34,35);. The Kier molecular flexibility index (Phi) is 10.5. The van der Waals surface area contributed by atoms with Gasteiger partial charge in [-0.05, 0) is 57.2 Å². The summed E-state index contributed by atoms with van der Waals surface area (Å²) in [6.45, 7) is 5.55. The fourth-order valence-corrected chi connectivity index (χ4v) is 7.27. The summed E-state index contributed by atoms with van der Waals surface area (Å²) in [4.78, 5) is -0.878. The van der Waals surface area contributed by atoms with Crippen LogP contribution in [0, 0.1) is 0 Å². The number of nitrogens with one attached hydrogen (secondary N) is 2. The predicted octanol–water partition coefficient (Wildman–Crippen LogP) is 2.89. The monoisotopic (exact) mass is 650 g/mol. The van der Waals surface area contributed by atoms with E-state index in [0.717, 1.165) is 18.2 Å². The van der Waals surface area contributed by atoms with E-state index in [-0.39, 0.29) is 88.6 Å². The van der Waals surface area contributed by atoms with Crippen molar-refractivity contribution in [2.24, 2.45) is 10.2 Å². The van der Waals surface area contributed by atoms with Gasteiger partial charge in [-0.25, -0.2) is 13.1 Å². The number of nitrogens with zero attached hydrogens (tertiary/aromatic N) is 3. The fraction of sp³-hybridized carbons (Fsp3) is 0.333. The van der Waals surface area contributed by atoms with E-state index < -0.39 is 46.5 Å². The average molecular weight is 651 g/mol. The maximum Gasteiger partial charge on any atom is 0.301 e. The number of anilines is 1.